The quantitative estimate of drug-likeness (QED) is 0.771. The van der Waals surface area contributed by atoms with Crippen LogP contribution in [-0.4, -0.2) is 5.60 Å². The second kappa shape index (κ2) is 4.45. The minimum absolute atomic E-state index is 0.0551. The summed E-state index contributed by atoms with van der Waals surface area (Å²) in [6.07, 6.45) is 4.05. The fourth-order valence-corrected chi connectivity index (χ4v) is 4.59. The number of nitrogens with two attached hydrogens (primary N) is 1. The van der Waals surface area contributed by atoms with E-state index in [1.807, 2.05) is 0 Å². The first kappa shape index (κ1) is 13.9. The molecule has 20 heavy (non-hydrogen) atoms. The van der Waals surface area contributed by atoms with E-state index in [-0.39, 0.29) is 22.9 Å². The van der Waals surface area contributed by atoms with Crippen LogP contribution >= 0.6 is 0 Å². The molecule has 2 aliphatic rings. The number of fused-ring (bicyclic) bond motifs is 1. The summed E-state index contributed by atoms with van der Waals surface area (Å²) in [6, 6.07) is 4.66. The lowest BCUT2D eigenvalue weighted by Gasteiger charge is -2.50. The van der Waals surface area contributed by atoms with Crippen molar-refractivity contribution in [3.8, 4) is 5.75 Å². The second-order valence-electron chi connectivity index (χ2n) is 7.63. The van der Waals surface area contributed by atoms with Gasteiger partial charge in [0.15, 0.2) is 0 Å². The zero-order valence-corrected chi connectivity index (χ0v) is 12.6. The van der Waals surface area contributed by atoms with Gasteiger partial charge in [0.25, 0.3) is 0 Å². The van der Waals surface area contributed by atoms with Crippen molar-refractivity contribution in [3.05, 3.63) is 29.6 Å². The smallest absolute Gasteiger partial charge is 0.127 e. The normalized spacial score (nSPS) is 35.5. The Morgan fingerprint density at radius 2 is 2.00 bits per heavy atom. The molecule has 1 heterocycles. The lowest BCUT2D eigenvalue weighted by atomic mass is 9.63. The average molecular weight is 277 g/mol. The summed E-state index contributed by atoms with van der Waals surface area (Å²) in [4.78, 5) is 0. The number of ether oxygens (including phenoxy) is 1. The van der Waals surface area contributed by atoms with E-state index in [1.54, 1.807) is 6.07 Å². The van der Waals surface area contributed by atoms with Gasteiger partial charge in [-0.25, -0.2) is 4.39 Å². The molecule has 2 unspecified atom stereocenters. The first-order chi connectivity index (χ1) is 9.29. The minimum Gasteiger partial charge on any atom is -0.487 e. The molecule has 1 aliphatic heterocycles. The van der Waals surface area contributed by atoms with Crippen LogP contribution in [0, 0.1) is 17.2 Å². The molecule has 1 aromatic rings. The SMILES string of the molecule is CC1CC(C)(C)CC2(C1)C[C@@H](N)c1ccc(F)cc1O2. The lowest BCUT2D eigenvalue weighted by molar-refractivity contribution is -0.0572. The van der Waals surface area contributed by atoms with Gasteiger partial charge in [0, 0.05) is 24.1 Å². The number of rotatable bonds is 0. The maximum absolute atomic E-state index is 13.5. The van der Waals surface area contributed by atoms with Crippen LogP contribution in [0.15, 0.2) is 18.2 Å². The molecule has 0 bridgehead atoms. The van der Waals surface area contributed by atoms with Gasteiger partial charge in [-0.2, -0.15) is 0 Å². The van der Waals surface area contributed by atoms with E-state index >= 15 is 0 Å². The van der Waals surface area contributed by atoms with Gasteiger partial charge in [0.05, 0.1) is 0 Å². The summed E-state index contributed by atoms with van der Waals surface area (Å²) in [5.74, 6) is 1.01. The maximum Gasteiger partial charge on any atom is 0.127 e. The highest BCUT2D eigenvalue weighted by atomic mass is 19.1. The summed E-state index contributed by atoms with van der Waals surface area (Å²) >= 11 is 0. The molecule has 2 N–H and O–H groups in total. The van der Waals surface area contributed by atoms with Crippen LogP contribution < -0.4 is 10.5 Å². The summed E-state index contributed by atoms with van der Waals surface area (Å²) in [7, 11) is 0. The first-order valence-electron chi connectivity index (χ1n) is 7.53. The van der Waals surface area contributed by atoms with Crippen molar-refractivity contribution in [3.63, 3.8) is 0 Å². The molecule has 1 aromatic carbocycles. The van der Waals surface area contributed by atoms with Crippen LogP contribution in [0.5, 0.6) is 5.75 Å². The predicted molar refractivity (Wildman–Crippen MR) is 78.1 cm³/mol. The van der Waals surface area contributed by atoms with E-state index < -0.39 is 0 Å². The van der Waals surface area contributed by atoms with Crippen molar-refractivity contribution in [2.75, 3.05) is 0 Å². The fraction of sp³-hybridized carbons (Fsp3) is 0.647. The Kier molecular flexibility index (Phi) is 3.09. The van der Waals surface area contributed by atoms with Gasteiger partial charge in [-0.15, -0.1) is 0 Å². The van der Waals surface area contributed by atoms with Crippen molar-refractivity contribution in [2.45, 2.75) is 58.1 Å². The van der Waals surface area contributed by atoms with Crippen LogP contribution in [0.1, 0.15) is 58.1 Å². The summed E-state index contributed by atoms with van der Waals surface area (Å²) in [5, 5.41) is 0. The topological polar surface area (TPSA) is 35.2 Å². The Hall–Kier alpha value is -1.09. The molecule has 0 saturated heterocycles. The van der Waals surface area contributed by atoms with Gasteiger partial charge in [0.2, 0.25) is 0 Å². The number of halogens is 1. The minimum atomic E-state index is -0.254. The number of benzene rings is 1. The Labute approximate surface area is 120 Å². The zero-order chi connectivity index (χ0) is 14.5. The number of hydrogen-bond donors (Lipinski definition) is 1. The highest BCUT2D eigenvalue weighted by Crippen LogP contribution is 2.52. The molecule has 3 rings (SSSR count). The van der Waals surface area contributed by atoms with Crippen molar-refractivity contribution in [2.24, 2.45) is 17.1 Å². The van der Waals surface area contributed by atoms with Crippen molar-refractivity contribution < 1.29 is 9.13 Å². The second-order valence-corrected chi connectivity index (χ2v) is 7.63. The summed E-state index contributed by atoms with van der Waals surface area (Å²) in [6.45, 7) is 6.86. The van der Waals surface area contributed by atoms with Crippen LogP contribution in [0.25, 0.3) is 0 Å². The molecule has 0 radical (unpaired) electrons. The van der Waals surface area contributed by atoms with E-state index in [9.17, 15) is 4.39 Å². The molecule has 1 spiro atoms. The van der Waals surface area contributed by atoms with Gasteiger partial charge in [0.1, 0.15) is 17.2 Å². The third-order valence-corrected chi connectivity index (χ3v) is 4.72. The van der Waals surface area contributed by atoms with Gasteiger partial charge < -0.3 is 10.5 Å². The standard InChI is InChI=1S/C17H24FNO/c1-11-7-16(2,3)10-17(8-11)9-14(19)13-5-4-12(18)6-15(13)20-17/h4-6,11,14H,7-10,19H2,1-3H3/t11?,14-,17?/m1/s1. The lowest BCUT2D eigenvalue weighted by Crippen LogP contribution is -2.50. The summed E-state index contributed by atoms with van der Waals surface area (Å²) < 4.78 is 19.8. The molecule has 3 atom stereocenters. The molecule has 0 aromatic heterocycles. The third kappa shape index (κ3) is 2.44. The van der Waals surface area contributed by atoms with Gasteiger partial charge in [-0.1, -0.05) is 26.8 Å². The maximum atomic E-state index is 13.5. The molecule has 2 nitrogen and oxygen atoms in total. The number of hydrogen-bond acceptors (Lipinski definition) is 2. The Balaban J connectivity index is 1.97. The fourth-order valence-electron chi connectivity index (χ4n) is 4.59. The van der Waals surface area contributed by atoms with Crippen LogP contribution in [0.4, 0.5) is 4.39 Å². The van der Waals surface area contributed by atoms with Crippen LogP contribution in [0.2, 0.25) is 0 Å². The highest BCUT2D eigenvalue weighted by Gasteiger charge is 2.48. The van der Waals surface area contributed by atoms with Gasteiger partial charge >= 0.3 is 0 Å². The Bertz CT molecular complexity index is 528. The predicted octanol–water partition coefficient (Wildman–Crippen LogP) is 4.19. The van der Waals surface area contributed by atoms with E-state index in [0.29, 0.717) is 11.7 Å². The molecule has 1 fully saturated rings. The summed E-state index contributed by atoms with van der Waals surface area (Å²) in [5.41, 5.74) is 7.30. The molecular weight excluding hydrogens is 253 g/mol. The Morgan fingerprint density at radius 1 is 1.25 bits per heavy atom. The Morgan fingerprint density at radius 3 is 2.70 bits per heavy atom. The van der Waals surface area contributed by atoms with Crippen molar-refractivity contribution in [1.82, 2.24) is 0 Å². The third-order valence-electron chi connectivity index (χ3n) is 4.72. The molecular formula is C17H24FNO. The van der Waals surface area contributed by atoms with E-state index in [1.165, 1.54) is 18.6 Å². The largest absolute Gasteiger partial charge is 0.487 e. The molecule has 1 saturated carbocycles. The first-order valence-corrected chi connectivity index (χ1v) is 7.53. The van der Waals surface area contributed by atoms with Gasteiger partial charge in [-0.3, -0.25) is 0 Å². The monoisotopic (exact) mass is 277 g/mol. The molecule has 0 amide bonds. The van der Waals surface area contributed by atoms with Crippen LogP contribution in [-0.2, 0) is 0 Å². The molecule has 110 valence electrons. The van der Waals surface area contributed by atoms with Crippen molar-refractivity contribution >= 4 is 0 Å². The highest BCUT2D eigenvalue weighted by molar-refractivity contribution is 5.39. The van der Waals surface area contributed by atoms with E-state index in [4.69, 9.17) is 10.5 Å². The van der Waals surface area contributed by atoms with Crippen molar-refractivity contribution in [1.29, 1.82) is 0 Å². The zero-order valence-electron chi connectivity index (χ0n) is 12.6. The van der Waals surface area contributed by atoms with E-state index in [2.05, 4.69) is 20.8 Å². The van der Waals surface area contributed by atoms with Crippen LogP contribution in [0.3, 0.4) is 0 Å². The van der Waals surface area contributed by atoms with E-state index in [0.717, 1.165) is 24.8 Å². The van der Waals surface area contributed by atoms with Gasteiger partial charge in [-0.05, 0) is 36.7 Å². The average Bonchev–Trinajstić information content (AvgIpc) is 2.23. The molecule has 1 aliphatic carbocycles. The molecule has 3 heteroatoms.